The zero-order chi connectivity index (χ0) is 24.5. The number of aromatic nitrogens is 2. The van der Waals surface area contributed by atoms with Crippen molar-refractivity contribution in [2.45, 2.75) is 25.1 Å². The number of anilines is 1. The summed E-state index contributed by atoms with van der Waals surface area (Å²) in [5, 5.41) is 17.0. The normalized spacial score (nSPS) is 18.3. The first-order valence-electron chi connectivity index (χ1n) is 11.0. The smallest absolute Gasteiger partial charge is 0.267 e. The SMILES string of the molecule is N#Cc1cc(NC(=O)Cn2nc(-c3ccc(Cl)cc3)ccc2=O)cc(C(=O)N2C[C@H]3C[C@@H]2CO3)c1. The predicted octanol–water partition coefficient (Wildman–Crippen LogP) is 2.69. The Hall–Kier alpha value is -4.00. The Morgan fingerprint density at radius 3 is 2.66 bits per heavy atom. The van der Waals surface area contributed by atoms with Gasteiger partial charge in [-0.2, -0.15) is 10.4 Å². The molecule has 3 heterocycles. The van der Waals surface area contributed by atoms with Crippen molar-refractivity contribution >= 4 is 29.1 Å². The Morgan fingerprint density at radius 1 is 1.17 bits per heavy atom. The molecule has 2 amide bonds. The van der Waals surface area contributed by atoms with Gasteiger partial charge in [0.15, 0.2) is 0 Å². The van der Waals surface area contributed by atoms with Crippen molar-refractivity contribution in [2.24, 2.45) is 0 Å². The molecule has 0 unspecified atom stereocenters. The number of carbonyl (C=O) groups excluding carboxylic acids is 2. The van der Waals surface area contributed by atoms with Crippen LogP contribution in [0, 0.1) is 11.3 Å². The summed E-state index contributed by atoms with van der Waals surface area (Å²) >= 11 is 5.93. The molecule has 2 saturated heterocycles. The highest BCUT2D eigenvalue weighted by Gasteiger charge is 2.41. The highest BCUT2D eigenvalue weighted by atomic mass is 35.5. The summed E-state index contributed by atoms with van der Waals surface area (Å²) in [7, 11) is 0. The maximum absolute atomic E-state index is 13.1. The van der Waals surface area contributed by atoms with Gasteiger partial charge in [0.25, 0.3) is 11.5 Å². The van der Waals surface area contributed by atoms with E-state index in [-0.39, 0.29) is 30.2 Å². The molecular weight excluding hydrogens is 470 g/mol. The van der Waals surface area contributed by atoms with E-state index in [0.29, 0.717) is 35.1 Å². The first-order valence-corrected chi connectivity index (χ1v) is 11.4. The number of hydrogen-bond donors (Lipinski definition) is 1. The molecule has 3 aromatic rings. The first kappa shape index (κ1) is 22.8. The van der Waals surface area contributed by atoms with Crippen molar-refractivity contribution in [3.8, 4) is 17.3 Å². The van der Waals surface area contributed by atoms with Crippen molar-refractivity contribution in [1.29, 1.82) is 5.26 Å². The van der Waals surface area contributed by atoms with E-state index in [4.69, 9.17) is 16.3 Å². The molecule has 2 aliphatic heterocycles. The van der Waals surface area contributed by atoms with Gasteiger partial charge < -0.3 is 15.0 Å². The summed E-state index contributed by atoms with van der Waals surface area (Å²) in [5.41, 5.74) is 1.66. The van der Waals surface area contributed by atoms with E-state index in [1.807, 2.05) is 6.07 Å². The predicted molar refractivity (Wildman–Crippen MR) is 128 cm³/mol. The van der Waals surface area contributed by atoms with E-state index in [0.717, 1.165) is 16.7 Å². The second kappa shape index (κ2) is 9.33. The van der Waals surface area contributed by atoms with Crippen LogP contribution in [0.5, 0.6) is 0 Å². The molecule has 0 saturated carbocycles. The van der Waals surface area contributed by atoms with Gasteiger partial charge in [0.1, 0.15) is 6.54 Å². The van der Waals surface area contributed by atoms with Gasteiger partial charge >= 0.3 is 0 Å². The van der Waals surface area contributed by atoms with Crippen LogP contribution in [0.4, 0.5) is 5.69 Å². The molecule has 0 aliphatic carbocycles. The van der Waals surface area contributed by atoms with E-state index < -0.39 is 11.5 Å². The summed E-state index contributed by atoms with van der Waals surface area (Å²) < 4.78 is 6.61. The number of nitriles is 1. The molecule has 2 fully saturated rings. The van der Waals surface area contributed by atoms with Crippen LogP contribution in [0.2, 0.25) is 5.02 Å². The van der Waals surface area contributed by atoms with E-state index in [1.165, 1.54) is 24.3 Å². The Morgan fingerprint density at radius 2 is 1.97 bits per heavy atom. The van der Waals surface area contributed by atoms with Crippen LogP contribution < -0.4 is 10.9 Å². The van der Waals surface area contributed by atoms with Gasteiger partial charge in [0.05, 0.1) is 36.1 Å². The summed E-state index contributed by atoms with van der Waals surface area (Å²) in [6, 6.07) is 16.4. The second-order valence-corrected chi connectivity index (χ2v) is 8.92. The van der Waals surface area contributed by atoms with E-state index in [9.17, 15) is 19.6 Å². The van der Waals surface area contributed by atoms with E-state index >= 15 is 0 Å². The molecular formula is C25H20ClN5O4. The summed E-state index contributed by atoms with van der Waals surface area (Å²) in [5.74, 6) is -0.725. The molecule has 5 rings (SSSR count). The average Bonchev–Trinajstić information content (AvgIpc) is 3.49. The van der Waals surface area contributed by atoms with Crippen molar-refractivity contribution in [2.75, 3.05) is 18.5 Å². The Kier molecular flexibility index (Phi) is 6.07. The van der Waals surface area contributed by atoms with Crippen LogP contribution in [0.15, 0.2) is 59.4 Å². The highest BCUT2D eigenvalue weighted by Crippen LogP contribution is 2.30. The number of rotatable bonds is 5. The maximum atomic E-state index is 13.1. The molecule has 1 N–H and O–H groups in total. The lowest BCUT2D eigenvalue weighted by Crippen LogP contribution is -2.41. The van der Waals surface area contributed by atoms with Crippen LogP contribution in [0.1, 0.15) is 22.3 Å². The van der Waals surface area contributed by atoms with Crippen molar-refractivity contribution in [3.63, 3.8) is 0 Å². The van der Waals surface area contributed by atoms with Crippen LogP contribution in [-0.2, 0) is 16.1 Å². The van der Waals surface area contributed by atoms with E-state index in [2.05, 4.69) is 10.4 Å². The zero-order valence-electron chi connectivity index (χ0n) is 18.5. The minimum atomic E-state index is -0.519. The lowest BCUT2D eigenvalue weighted by molar-refractivity contribution is -0.117. The number of morpholine rings is 1. The summed E-state index contributed by atoms with van der Waals surface area (Å²) in [6.07, 6.45) is 0.862. The van der Waals surface area contributed by atoms with Crippen LogP contribution in [0.25, 0.3) is 11.3 Å². The highest BCUT2D eigenvalue weighted by molar-refractivity contribution is 6.30. The molecule has 2 bridgehead atoms. The van der Waals surface area contributed by atoms with Crippen LogP contribution in [-0.4, -0.2) is 51.8 Å². The number of fused-ring (bicyclic) bond motifs is 2. The minimum absolute atomic E-state index is 0.0298. The van der Waals surface area contributed by atoms with Gasteiger partial charge in [-0.3, -0.25) is 14.4 Å². The number of halogens is 1. The second-order valence-electron chi connectivity index (χ2n) is 8.48. The summed E-state index contributed by atoms with van der Waals surface area (Å²) in [6.45, 7) is 0.683. The minimum Gasteiger partial charge on any atom is -0.374 e. The lowest BCUT2D eigenvalue weighted by Gasteiger charge is -2.27. The van der Waals surface area contributed by atoms with Crippen LogP contribution in [0.3, 0.4) is 0 Å². The third-order valence-corrected chi connectivity index (χ3v) is 6.31. The number of nitrogens with one attached hydrogen (secondary N) is 1. The number of likely N-dealkylation sites (tertiary alicyclic amines) is 1. The van der Waals surface area contributed by atoms with Crippen molar-refractivity contribution in [3.05, 3.63) is 81.1 Å². The average molecular weight is 490 g/mol. The number of nitrogens with zero attached hydrogens (tertiary/aromatic N) is 4. The number of ether oxygens (including phenoxy) is 1. The molecule has 10 heteroatoms. The molecule has 2 aliphatic rings. The van der Waals surface area contributed by atoms with Crippen molar-refractivity contribution < 1.29 is 14.3 Å². The fourth-order valence-corrected chi connectivity index (χ4v) is 4.50. The molecule has 0 spiro atoms. The number of amides is 2. The van der Waals surface area contributed by atoms with Crippen molar-refractivity contribution in [1.82, 2.24) is 14.7 Å². The third kappa shape index (κ3) is 4.80. The van der Waals surface area contributed by atoms with Gasteiger partial charge in [-0.15, -0.1) is 0 Å². The Balaban J connectivity index is 1.34. The Labute approximate surface area is 205 Å². The zero-order valence-corrected chi connectivity index (χ0v) is 19.2. The fourth-order valence-electron chi connectivity index (χ4n) is 4.38. The number of hydrogen-bond acceptors (Lipinski definition) is 6. The molecule has 176 valence electrons. The molecule has 0 radical (unpaired) electrons. The molecule has 35 heavy (non-hydrogen) atoms. The number of benzene rings is 2. The summed E-state index contributed by atoms with van der Waals surface area (Å²) in [4.78, 5) is 39.8. The lowest BCUT2D eigenvalue weighted by atomic mass is 10.1. The van der Waals surface area contributed by atoms with Gasteiger partial charge in [0, 0.05) is 34.4 Å². The molecule has 2 aromatic carbocycles. The topological polar surface area (TPSA) is 117 Å². The third-order valence-electron chi connectivity index (χ3n) is 6.05. The standard InChI is InChI=1S/C25H20ClN5O4/c26-18-3-1-16(2-4-18)22-5-6-24(33)31(29-22)13-23(32)28-19-8-15(11-27)7-17(9-19)25(34)30-12-21-10-20(30)14-35-21/h1-9,20-21H,10,12-14H2,(H,28,32)/t20-,21-/m1/s1. The quantitative estimate of drug-likeness (QED) is 0.588. The number of carbonyl (C=O) groups is 2. The van der Waals surface area contributed by atoms with Gasteiger partial charge in [0.2, 0.25) is 5.91 Å². The molecule has 1 aromatic heterocycles. The maximum Gasteiger partial charge on any atom is 0.267 e. The molecule has 9 nitrogen and oxygen atoms in total. The van der Waals surface area contributed by atoms with E-state index in [1.54, 1.807) is 35.2 Å². The largest absolute Gasteiger partial charge is 0.374 e. The van der Waals surface area contributed by atoms with Crippen LogP contribution >= 0.6 is 11.6 Å². The Bertz CT molecular complexity index is 1410. The van der Waals surface area contributed by atoms with Gasteiger partial charge in [-0.1, -0.05) is 23.7 Å². The monoisotopic (exact) mass is 489 g/mol. The van der Waals surface area contributed by atoms with Gasteiger partial charge in [-0.05, 0) is 42.8 Å². The first-order chi connectivity index (χ1) is 16.9. The fraction of sp³-hybridized carbons (Fsp3) is 0.240. The van der Waals surface area contributed by atoms with Gasteiger partial charge in [-0.25, -0.2) is 4.68 Å². The molecule has 2 atom stereocenters.